The predicted molar refractivity (Wildman–Crippen MR) is 87.1 cm³/mol. The lowest BCUT2D eigenvalue weighted by molar-refractivity contribution is -0.541. The van der Waals surface area contributed by atoms with Crippen molar-refractivity contribution in [3.8, 4) is 0 Å². The van der Waals surface area contributed by atoms with Crippen molar-refractivity contribution in [1.29, 1.82) is 0 Å². The van der Waals surface area contributed by atoms with Crippen molar-refractivity contribution in [2.24, 2.45) is 5.92 Å². The number of carbonyl (C=O) groups is 1. The number of hydrogen-bond acceptors (Lipinski definition) is 4. The highest BCUT2D eigenvalue weighted by Gasteiger charge is 2.93. The SMILES string of the molecule is C=C(C(=O)OC1(C(F)(F)F)CC(C2CCCCC2)(C(F)(F)F)OC(O)(C(F)(F)F)C1(F)F)C(F)(F)F. The second kappa shape index (κ2) is 8.59. The topological polar surface area (TPSA) is 55.8 Å². The van der Waals surface area contributed by atoms with Crippen molar-refractivity contribution in [1.82, 2.24) is 0 Å². The first kappa shape index (κ1) is 30.4. The lowest BCUT2D eigenvalue weighted by Crippen LogP contribution is -2.83. The summed E-state index contributed by atoms with van der Waals surface area (Å²) < 4.78 is 201. The molecule has 0 radical (unpaired) electrons. The monoisotopic (exact) mass is 562 g/mol. The van der Waals surface area contributed by atoms with Crippen LogP contribution in [0.25, 0.3) is 0 Å². The molecule has 0 aromatic carbocycles. The lowest BCUT2D eigenvalue weighted by atomic mass is 9.66. The third-order valence-electron chi connectivity index (χ3n) is 6.22. The van der Waals surface area contributed by atoms with Crippen molar-refractivity contribution < 1.29 is 80.8 Å². The first-order valence-corrected chi connectivity index (χ1v) is 9.81. The van der Waals surface area contributed by atoms with Gasteiger partial charge in [0.2, 0.25) is 0 Å². The number of halogens is 14. The minimum atomic E-state index is -7.11. The van der Waals surface area contributed by atoms with Gasteiger partial charge in [0.1, 0.15) is 5.57 Å². The molecule has 36 heavy (non-hydrogen) atoms. The first-order valence-electron chi connectivity index (χ1n) is 9.81. The molecular weight excluding hydrogens is 546 g/mol. The van der Waals surface area contributed by atoms with E-state index in [2.05, 4.69) is 9.47 Å². The van der Waals surface area contributed by atoms with Crippen LogP contribution in [0.4, 0.5) is 61.5 Å². The zero-order valence-corrected chi connectivity index (χ0v) is 17.5. The van der Waals surface area contributed by atoms with Crippen LogP contribution < -0.4 is 0 Å². The number of rotatable bonds is 3. The first-order chi connectivity index (χ1) is 15.8. The molecule has 4 nitrogen and oxygen atoms in total. The van der Waals surface area contributed by atoms with Gasteiger partial charge in [-0.25, -0.2) is 4.79 Å². The van der Waals surface area contributed by atoms with Gasteiger partial charge in [0.15, 0.2) is 5.60 Å². The molecule has 0 spiro atoms. The van der Waals surface area contributed by atoms with Crippen molar-refractivity contribution in [2.45, 2.75) is 86.1 Å². The van der Waals surface area contributed by atoms with Gasteiger partial charge in [-0.2, -0.15) is 61.5 Å². The third kappa shape index (κ3) is 4.41. The fourth-order valence-corrected chi connectivity index (χ4v) is 4.31. The number of esters is 1. The van der Waals surface area contributed by atoms with E-state index in [9.17, 15) is 62.6 Å². The maximum absolute atomic E-state index is 15.0. The van der Waals surface area contributed by atoms with Gasteiger partial charge in [-0.15, -0.1) is 0 Å². The molecule has 0 bridgehead atoms. The van der Waals surface area contributed by atoms with Gasteiger partial charge in [-0.1, -0.05) is 25.8 Å². The van der Waals surface area contributed by atoms with E-state index in [1.807, 2.05) is 6.58 Å². The smallest absolute Gasteiger partial charge is 0.439 e. The summed E-state index contributed by atoms with van der Waals surface area (Å²) in [6.45, 7) is 1.96. The molecule has 3 unspecified atom stereocenters. The molecule has 1 N–H and O–H groups in total. The molecule has 0 aromatic rings. The molecule has 2 rings (SSSR count). The van der Waals surface area contributed by atoms with Crippen LogP contribution in [-0.4, -0.2) is 58.7 Å². The summed E-state index contributed by atoms with van der Waals surface area (Å²) in [4.78, 5) is 11.7. The number of aliphatic hydroxyl groups is 1. The molecule has 210 valence electrons. The Hall–Kier alpha value is -1.85. The van der Waals surface area contributed by atoms with Crippen LogP contribution in [0.15, 0.2) is 12.2 Å². The highest BCUT2D eigenvalue weighted by atomic mass is 19.4. The molecule has 1 saturated carbocycles. The maximum Gasteiger partial charge on any atom is 0.449 e. The van der Waals surface area contributed by atoms with E-state index in [1.54, 1.807) is 0 Å². The molecule has 1 saturated heterocycles. The zero-order valence-electron chi connectivity index (χ0n) is 17.5. The van der Waals surface area contributed by atoms with E-state index >= 15 is 8.78 Å². The Balaban J connectivity index is 2.96. The van der Waals surface area contributed by atoms with Crippen LogP contribution in [-0.2, 0) is 14.3 Å². The Labute approximate surface area is 192 Å². The fourth-order valence-electron chi connectivity index (χ4n) is 4.31. The van der Waals surface area contributed by atoms with Crippen LogP contribution in [0.1, 0.15) is 38.5 Å². The maximum atomic E-state index is 15.0. The van der Waals surface area contributed by atoms with Crippen molar-refractivity contribution in [2.75, 3.05) is 0 Å². The minimum Gasteiger partial charge on any atom is -0.439 e. The summed E-state index contributed by atoms with van der Waals surface area (Å²) in [5, 5.41) is 9.74. The highest BCUT2D eigenvalue weighted by molar-refractivity contribution is 5.89. The van der Waals surface area contributed by atoms with Gasteiger partial charge in [0, 0.05) is 6.42 Å². The largest absolute Gasteiger partial charge is 0.449 e. The number of hydrogen-bond donors (Lipinski definition) is 1. The van der Waals surface area contributed by atoms with E-state index in [0.29, 0.717) is 0 Å². The number of carbonyl (C=O) groups excluding carboxylic acids is 1. The quantitative estimate of drug-likeness (QED) is 0.255. The summed E-state index contributed by atoms with van der Waals surface area (Å²) in [7, 11) is 0. The molecular formula is C18H16F14O4. The average molecular weight is 562 g/mol. The van der Waals surface area contributed by atoms with Gasteiger partial charge in [0.25, 0.3) is 5.60 Å². The van der Waals surface area contributed by atoms with E-state index in [0.717, 1.165) is 0 Å². The summed E-state index contributed by atoms with van der Waals surface area (Å²) in [6.07, 6.45) is -31.9. The Bertz CT molecular complexity index is 867. The summed E-state index contributed by atoms with van der Waals surface area (Å²) >= 11 is 0. The van der Waals surface area contributed by atoms with Crippen LogP contribution in [0.2, 0.25) is 0 Å². The molecule has 0 amide bonds. The Morgan fingerprint density at radius 1 is 0.833 bits per heavy atom. The summed E-state index contributed by atoms with van der Waals surface area (Å²) in [5.74, 6) is -19.5. The van der Waals surface area contributed by atoms with Gasteiger partial charge < -0.3 is 14.6 Å². The summed E-state index contributed by atoms with van der Waals surface area (Å²) in [5.41, 5.74) is -14.1. The van der Waals surface area contributed by atoms with Gasteiger partial charge in [-0.05, 0) is 18.8 Å². The van der Waals surface area contributed by atoms with Gasteiger partial charge in [-0.3, -0.25) is 0 Å². The third-order valence-corrected chi connectivity index (χ3v) is 6.22. The predicted octanol–water partition coefficient (Wildman–Crippen LogP) is 6.14. The van der Waals surface area contributed by atoms with E-state index < -0.39 is 84.3 Å². The Kier molecular flexibility index (Phi) is 7.25. The lowest BCUT2D eigenvalue weighted by Gasteiger charge is -2.59. The van der Waals surface area contributed by atoms with E-state index in [-0.39, 0.29) is 19.3 Å². The minimum absolute atomic E-state index is 0.148. The standard InChI is InChI=1S/C18H16F14O4/c1-8(13(19,20)21)10(33)35-12(17(27,28)29)7-11(16(24,25)26,9-5-3-2-4-6-9)36-15(34,14(12,22)23)18(30,31)32/h9,34H,1-7H2. The van der Waals surface area contributed by atoms with Crippen molar-refractivity contribution in [3.63, 3.8) is 0 Å². The van der Waals surface area contributed by atoms with Crippen molar-refractivity contribution >= 4 is 5.97 Å². The van der Waals surface area contributed by atoms with Gasteiger partial charge >= 0.3 is 42.4 Å². The molecule has 1 aliphatic carbocycles. The van der Waals surface area contributed by atoms with Crippen LogP contribution in [0.5, 0.6) is 0 Å². The molecule has 18 heteroatoms. The fraction of sp³-hybridized carbons (Fsp3) is 0.833. The molecule has 3 atom stereocenters. The molecule has 2 aliphatic rings. The van der Waals surface area contributed by atoms with Gasteiger partial charge in [0.05, 0.1) is 0 Å². The van der Waals surface area contributed by atoms with Crippen LogP contribution in [0.3, 0.4) is 0 Å². The average Bonchev–Trinajstić information content (AvgIpc) is 2.68. The van der Waals surface area contributed by atoms with E-state index in [1.165, 1.54) is 0 Å². The summed E-state index contributed by atoms with van der Waals surface area (Å²) in [6, 6.07) is 0. The highest BCUT2D eigenvalue weighted by Crippen LogP contribution is 2.66. The second-order valence-electron chi connectivity index (χ2n) is 8.41. The molecule has 0 aromatic heterocycles. The van der Waals surface area contributed by atoms with Crippen LogP contribution in [0, 0.1) is 5.92 Å². The second-order valence-corrected chi connectivity index (χ2v) is 8.41. The Morgan fingerprint density at radius 2 is 1.31 bits per heavy atom. The van der Waals surface area contributed by atoms with Crippen LogP contribution >= 0.6 is 0 Å². The Morgan fingerprint density at radius 3 is 1.67 bits per heavy atom. The number of ether oxygens (including phenoxy) is 2. The molecule has 1 heterocycles. The molecule has 1 aliphatic heterocycles. The van der Waals surface area contributed by atoms with Crippen molar-refractivity contribution in [3.05, 3.63) is 12.2 Å². The van der Waals surface area contributed by atoms with E-state index in [4.69, 9.17) is 0 Å². The molecule has 2 fully saturated rings. The number of alkyl halides is 14. The normalized spacial score (nSPS) is 32.8. The zero-order chi connectivity index (χ0) is 28.4.